The van der Waals surface area contributed by atoms with Gasteiger partial charge in [0.15, 0.2) is 5.96 Å². The maximum atomic E-state index is 5.62. The third-order valence-corrected chi connectivity index (χ3v) is 6.35. The summed E-state index contributed by atoms with van der Waals surface area (Å²) >= 11 is 0. The highest BCUT2D eigenvalue weighted by Gasteiger charge is 2.33. The summed E-state index contributed by atoms with van der Waals surface area (Å²) in [6.07, 6.45) is 11.8. The smallest absolute Gasteiger partial charge is 0.190 e. The largest absolute Gasteiger partial charge is 0.382 e. The van der Waals surface area contributed by atoms with Crippen molar-refractivity contribution in [2.24, 2.45) is 10.4 Å². The average molecular weight is 495 g/mol. The summed E-state index contributed by atoms with van der Waals surface area (Å²) in [6.45, 7) is 10.6. The van der Waals surface area contributed by atoms with E-state index >= 15 is 0 Å². The molecule has 2 N–H and O–H groups in total. The molecule has 6 heteroatoms. The van der Waals surface area contributed by atoms with Crippen molar-refractivity contribution in [2.45, 2.75) is 77.7 Å². The summed E-state index contributed by atoms with van der Waals surface area (Å²) in [5.41, 5.74) is 0.399. The van der Waals surface area contributed by atoms with Gasteiger partial charge < -0.3 is 20.3 Å². The Balaban J connectivity index is 0.00000364. The topological polar surface area (TPSA) is 48.9 Å². The summed E-state index contributed by atoms with van der Waals surface area (Å²) in [5.74, 6) is 0.958. The van der Waals surface area contributed by atoms with Gasteiger partial charge in [0.05, 0.1) is 0 Å². The van der Waals surface area contributed by atoms with Crippen LogP contribution in [0.3, 0.4) is 0 Å². The van der Waals surface area contributed by atoms with Crippen LogP contribution in [0.1, 0.15) is 71.6 Å². The molecule has 0 aromatic heterocycles. The molecule has 5 nitrogen and oxygen atoms in total. The molecule has 0 spiro atoms. The number of hydrogen-bond acceptors (Lipinski definition) is 3. The Hall–Kier alpha value is -0.0800. The molecule has 1 unspecified atom stereocenters. The lowest BCUT2D eigenvalue weighted by atomic mass is 9.83. The number of aliphatic imine (C=N–C) groups is 1. The molecule has 1 atom stereocenters. The number of guanidine groups is 1. The number of nitrogens with zero attached hydrogens (tertiary/aromatic N) is 2. The van der Waals surface area contributed by atoms with Crippen LogP contribution in [0.2, 0.25) is 0 Å². The van der Waals surface area contributed by atoms with Crippen LogP contribution in [0, 0.1) is 5.41 Å². The van der Waals surface area contributed by atoms with Crippen LogP contribution < -0.4 is 10.6 Å². The highest BCUT2D eigenvalue weighted by molar-refractivity contribution is 14.0. The van der Waals surface area contributed by atoms with Crippen LogP contribution in [-0.4, -0.2) is 63.3 Å². The van der Waals surface area contributed by atoms with E-state index in [1.54, 1.807) is 0 Å². The van der Waals surface area contributed by atoms with Gasteiger partial charge in [0, 0.05) is 45.9 Å². The summed E-state index contributed by atoms with van der Waals surface area (Å²) in [6, 6.07) is 0.758. The number of hydrogen-bond donors (Lipinski definition) is 2. The fourth-order valence-electron chi connectivity index (χ4n) is 4.54. The first-order valence-electron chi connectivity index (χ1n) is 11.0. The van der Waals surface area contributed by atoms with Gasteiger partial charge in [-0.3, -0.25) is 4.99 Å². The Labute approximate surface area is 184 Å². The van der Waals surface area contributed by atoms with Crippen LogP contribution in [0.5, 0.6) is 0 Å². The molecule has 2 fully saturated rings. The van der Waals surface area contributed by atoms with Crippen LogP contribution in [-0.2, 0) is 4.74 Å². The van der Waals surface area contributed by atoms with E-state index in [9.17, 15) is 0 Å². The molecule has 0 radical (unpaired) electrons. The molecule has 0 aromatic carbocycles. The molecule has 2 rings (SSSR count). The first-order chi connectivity index (χ1) is 12.7. The molecule has 0 bridgehead atoms. The second-order valence-electron chi connectivity index (χ2n) is 8.24. The Bertz CT molecular complexity index is 413. The van der Waals surface area contributed by atoms with Crippen molar-refractivity contribution in [3.8, 4) is 0 Å². The molecule has 0 amide bonds. The average Bonchev–Trinajstić information content (AvgIpc) is 3.12. The maximum Gasteiger partial charge on any atom is 0.190 e. The van der Waals surface area contributed by atoms with Gasteiger partial charge in [-0.25, -0.2) is 0 Å². The summed E-state index contributed by atoms with van der Waals surface area (Å²) in [7, 11) is 1.88. The second-order valence-corrected chi connectivity index (χ2v) is 8.24. The fraction of sp³-hybridized carbons (Fsp3) is 0.952. The van der Waals surface area contributed by atoms with Gasteiger partial charge in [-0.2, -0.15) is 0 Å². The number of piperidine rings is 1. The third kappa shape index (κ3) is 8.86. The second kappa shape index (κ2) is 14.0. The minimum atomic E-state index is 0. The third-order valence-electron chi connectivity index (χ3n) is 6.35. The number of ether oxygens (including phenoxy) is 1. The molecule has 1 saturated carbocycles. The van der Waals surface area contributed by atoms with Crippen molar-refractivity contribution < 1.29 is 4.74 Å². The molecule has 0 aromatic rings. The van der Waals surface area contributed by atoms with Crippen LogP contribution in [0.25, 0.3) is 0 Å². The minimum absolute atomic E-state index is 0. The SMILES string of the molecule is CCOCCC1(CNC(=NC)NCCCN2CCCCC2C)CCCC1.I. The van der Waals surface area contributed by atoms with Gasteiger partial charge in [0.1, 0.15) is 0 Å². The van der Waals surface area contributed by atoms with E-state index in [-0.39, 0.29) is 24.0 Å². The molecule has 27 heavy (non-hydrogen) atoms. The van der Waals surface area contributed by atoms with Gasteiger partial charge >= 0.3 is 0 Å². The number of likely N-dealkylation sites (tertiary alicyclic amines) is 1. The molecule has 1 heterocycles. The van der Waals surface area contributed by atoms with Crippen molar-refractivity contribution in [2.75, 3.05) is 46.4 Å². The lowest BCUT2D eigenvalue weighted by molar-refractivity contribution is 0.105. The van der Waals surface area contributed by atoms with E-state index in [1.807, 2.05) is 7.05 Å². The zero-order chi connectivity index (χ0) is 18.7. The Morgan fingerprint density at radius 3 is 2.63 bits per heavy atom. The molecular formula is C21H43IN4O. The normalized spacial score (nSPS) is 23.1. The lowest BCUT2D eigenvalue weighted by Gasteiger charge is -2.33. The van der Waals surface area contributed by atoms with E-state index in [0.29, 0.717) is 5.41 Å². The molecule has 1 saturated heterocycles. The van der Waals surface area contributed by atoms with Crippen molar-refractivity contribution in [3.63, 3.8) is 0 Å². The van der Waals surface area contributed by atoms with Gasteiger partial charge in [0.25, 0.3) is 0 Å². The van der Waals surface area contributed by atoms with Crippen molar-refractivity contribution >= 4 is 29.9 Å². The highest BCUT2D eigenvalue weighted by Crippen LogP contribution is 2.40. The van der Waals surface area contributed by atoms with E-state index in [1.165, 1.54) is 64.5 Å². The molecule has 160 valence electrons. The van der Waals surface area contributed by atoms with Crippen LogP contribution in [0.4, 0.5) is 0 Å². The summed E-state index contributed by atoms with van der Waals surface area (Å²) in [4.78, 5) is 7.07. The standard InChI is InChI=1S/C21H42N4O.HI/c1-4-26-17-13-21(11-6-7-12-21)18-24-20(22-3)23-14-9-16-25-15-8-5-10-19(25)2;/h19H,4-18H2,1-3H3,(H2,22,23,24);1H. The number of halogens is 1. The van der Waals surface area contributed by atoms with Gasteiger partial charge in [-0.15, -0.1) is 24.0 Å². The highest BCUT2D eigenvalue weighted by atomic mass is 127. The van der Waals surface area contributed by atoms with Crippen molar-refractivity contribution in [1.82, 2.24) is 15.5 Å². The van der Waals surface area contributed by atoms with Crippen molar-refractivity contribution in [1.29, 1.82) is 0 Å². The van der Waals surface area contributed by atoms with Crippen molar-refractivity contribution in [3.05, 3.63) is 0 Å². The fourth-order valence-corrected chi connectivity index (χ4v) is 4.54. The lowest BCUT2D eigenvalue weighted by Crippen LogP contribution is -2.44. The van der Waals surface area contributed by atoms with E-state index < -0.39 is 0 Å². The van der Waals surface area contributed by atoms with E-state index in [2.05, 4.69) is 34.4 Å². The van der Waals surface area contributed by atoms with Gasteiger partial charge in [-0.1, -0.05) is 19.3 Å². The van der Waals surface area contributed by atoms with Crippen LogP contribution >= 0.6 is 24.0 Å². The zero-order valence-corrected chi connectivity index (χ0v) is 20.2. The quantitative estimate of drug-likeness (QED) is 0.209. The van der Waals surface area contributed by atoms with Gasteiger partial charge in [-0.05, 0) is 64.3 Å². The predicted molar refractivity (Wildman–Crippen MR) is 126 cm³/mol. The molecule has 1 aliphatic heterocycles. The summed E-state index contributed by atoms with van der Waals surface area (Å²) in [5, 5.41) is 7.11. The number of nitrogens with one attached hydrogen (secondary N) is 2. The van der Waals surface area contributed by atoms with Crippen LogP contribution in [0.15, 0.2) is 4.99 Å². The Kier molecular flexibility index (Phi) is 12.9. The Morgan fingerprint density at radius 1 is 1.19 bits per heavy atom. The molecular weight excluding hydrogens is 451 g/mol. The summed E-state index contributed by atoms with van der Waals surface area (Å²) < 4.78 is 5.62. The first-order valence-corrected chi connectivity index (χ1v) is 11.0. The first kappa shape index (κ1) is 25.0. The van der Waals surface area contributed by atoms with E-state index in [0.717, 1.165) is 44.7 Å². The Morgan fingerprint density at radius 2 is 1.96 bits per heavy atom. The van der Waals surface area contributed by atoms with Gasteiger partial charge in [0.2, 0.25) is 0 Å². The zero-order valence-electron chi connectivity index (χ0n) is 17.9. The predicted octanol–water partition coefficient (Wildman–Crippen LogP) is 4.02. The van der Waals surface area contributed by atoms with E-state index in [4.69, 9.17) is 4.74 Å². The minimum Gasteiger partial charge on any atom is -0.382 e. The number of rotatable bonds is 10. The maximum absolute atomic E-state index is 5.62. The molecule has 1 aliphatic carbocycles. The monoisotopic (exact) mass is 494 g/mol. The molecule has 2 aliphatic rings.